The van der Waals surface area contributed by atoms with Crippen LogP contribution in [-0.4, -0.2) is 19.2 Å². The molecule has 2 aromatic rings. The highest BCUT2D eigenvalue weighted by atomic mass is 35.5. The van der Waals surface area contributed by atoms with E-state index in [0.717, 1.165) is 15.0 Å². The summed E-state index contributed by atoms with van der Waals surface area (Å²) in [6.07, 6.45) is 0. The zero-order valence-corrected chi connectivity index (χ0v) is 14.1. The number of carbonyl (C=O) groups is 1. The summed E-state index contributed by atoms with van der Waals surface area (Å²) < 4.78 is 6.26. The molecule has 0 saturated carbocycles. The number of ether oxygens (including phenoxy) is 1. The Labute approximate surface area is 139 Å². The standard InChI is InChI=1S/C16H19ClN2O2S/c1-11-3-5-13(6-4-11)21-10-9-18-16(20)19-12(2)14-7-8-15(17)22-14/h3-8,12H,9-10H2,1-2H3,(H2,18,19,20). The summed E-state index contributed by atoms with van der Waals surface area (Å²) in [6, 6.07) is 11.3. The first-order chi connectivity index (χ1) is 10.5. The molecule has 0 aliphatic heterocycles. The molecule has 6 heteroatoms. The van der Waals surface area contributed by atoms with Crippen molar-refractivity contribution in [2.45, 2.75) is 19.9 Å². The van der Waals surface area contributed by atoms with Crippen LogP contribution in [0, 0.1) is 6.92 Å². The fourth-order valence-electron chi connectivity index (χ4n) is 1.85. The van der Waals surface area contributed by atoms with E-state index in [1.54, 1.807) is 0 Å². The number of amides is 2. The van der Waals surface area contributed by atoms with Gasteiger partial charge in [0.25, 0.3) is 0 Å². The van der Waals surface area contributed by atoms with Crippen LogP contribution >= 0.6 is 22.9 Å². The topological polar surface area (TPSA) is 50.4 Å². The van der Waals surface area contributed by atoms with E-state index in [0.29, 0.717) is 13.2 Å². The number of nitrogens with one attached hydrogen (secondary N) is 2. The van der Waals surface area contributed by atoms with E-state index in [9.17, 15) is 4.79 Å². The summed E-state index contributed by atoms with van der Waals surface area (Å²) in [6.45, 7) is 4.81. The van der Waals surface area contributed by atoms with Crippen molar-refractivity contribution in [3.05, 3.63) is 51.2 Å². The molecule has 0 aliphatic carbocycles. The van der Waals surface area contributed by atoms with Crippen LogP contribution in [0.15, 0.2) is 36.4 Å². The lowest BCUT2D eigenvalue weighted by Crippen LogP contribution is -2.38. The number of rotatable bonds is 6. The second-order valence-corrected chi connectivity index (χ2v) is 6.67. The SMILES string of the molecule is Cc1ccc(OCCNC(=O)NC(C)c2ccc(Cl)s2)cc1. The van der Waals surface area contributed by atoms with Crippen molar-refractivity contribution in [2.24, 2.45) is 0 Å². The van der Waals surface area contributed by atoms with Crippen LogP contribution in [0.2, 0.25) is 4.34 Å². The third-order valence-corrected chi connectivity index (χ3v) is 4.46. The minimum absolute atomic E-state index is 0.0736. The molecule has 118 valence electrons. The van der Waals surface area contributed by atoms with Crippen LogP contribution in [0.3, 0.4) is 0 Å². The van der Waals surface area contributed by atoms with Gasteiger partial charge in [0, 0.05) is 4.88 Å². The van der Waals surface area contributed by atoms with E-state index in [-0.39, 0.29) is 12.1 Å². The maximum Gasteiger partial charge on any atom is 0.315 e. The molecular formula is C16H19ClN2O2S. The number of halogens is 1. The number of carbonyl (C=O) groups excluding carboxylic acids is 1. The molecule has 2 N–H and O–H groups in total. The summed E-state index contributed by atoms with van der Waals surface area (Å²) in [5, 5.41) is 5.63. The van der Waals surface area contributed by atoms with Crippen molar-refractivity contribution in [1.82, 2.24) is 10.6 Å². The Morgan fingerprint density at radius 1 is 1.27 bits per heavy atom. The minimum atomic E-state index is -0.218. The lowest BCUT2D eigenvalue weighted by molar-refractivity contribution is 0.233. The summed E-state index contributed by atoms with van der Waals surface area (Å²) in [5.74, 6) is 0.800. The molecule has 1 heterocycles. The molecule has 22 heavy (non-hydrogen) atoms. The predicted molar refractivity (Wildman–Crippen MR) is 91.0 cm³/mol. The average Bonchev–Trinajstić information content (AvgIpc) is 2.92. The predicted octanol–water partition coefficient (Wildman–Crippen LogP) is 4.15. The largest absolute Gasteiger partial charge is 0.492 e. The molecule has 4 nitrogen and oxygen atoms in total. The second-order valence-electron chi connectivity index (χ2n) is 4.93. The summed E-state index contributed by atoms with van der Waals surface area (Å²) in [4.78, 5) is 12.8. The van der Waals surface area contributed by atoms with Crippen LogP contribution in [0.1, 0.15) is 23.4 Å². The monoisotopic (exact) mass is 338 g/mol. The van der Waals surface area contributed by atoms with Crippen LogP contribution in [0.25, 0.3) is 0 Å². The molecule has 0 bridgehead atoms. The van der Waals surface area contributed by atoms with Gasteiger partial charge in [0.05, 0.1) is 16.9 Å². The van der Waals surface area contributed by atoms with Crippen LogP contribution in [0.4, 0.5) is 4.79 Å². The zero-order valence-electron chi connectivity index (χ0n) is 12.6. The Morgan fingerprint density at radius 2 is 2.00 bits per heavy atom. The van der Waals surface area contributed by atoms with E-state index in [2.05, 4.69) is 10.6 Å². The van der Waals surface area contributed by atoms with Gasteiger partial charge < -0.3 is 15.4 Å². The molecule has 0 saturated heterocycles. The molecule has 0 radical (unpaired) electrons. The van der Waals surface area contributed by atoms with Gasteiger partial charge in [0.2, 0.25) is 0 Å². The van der Waals surface area contributed by atoms with Crippen molar-refractivity contribution >= 4 is 29.0 Å². The number of hydrogen-bond donors (Lipinski definition) is 2. The van der Waals surface area contributed by atoms with Gasteiger partial charge in [-0.1, -0.05) is 29.3 Å². The summed E-state index contributed by atoms with van der Waals surface area (Å²) in [5.41, 5.74) is 1.19. The highest BCUT2D eigenvalue weighted by Gasteiger charge is 2.11. The Bertz CT molecular complexity index is 613. The van der Waals surface area contributed by atoms with Crippen molar-refractivity contribution in [3.63, 3.8) is 0 Å². The molecule has 0 aliphatic rings. The molecule has 0 fully saturated rings. The Hall–Kier alpha value is -1.72. The summed E-state index contributed by atoms with van der Waals surface area (Å²) >= 11 is 7.35. The van der Waals surface area contributed by atoms with Gasteiger partial charge in [-0.3, -0.25) is 0 Å². The fourth-order valence-corrected chi connectivity index (χ4v) is 2.91. The van der Waals surface area contributed by atoms with Gasteiger partial charge in [-0.05, 0) is 38.1 Å². The molecule has 1 atom stereocenters. The zero-order chi connectivity index (χ0) is 15.9. The third-order valence-electron chi connectivity index (χ3n) is 3.05. The van der Waals surface area contributed by atoms with Gasteiger partial charge in [0.15, 0.2) is 0 Å². The number of benzene rings is 1. The van der Waals surface area contributed by atoms with Crippen molar-refractivity contribution in [1.29, 1.82) is 0 Å². The molecule has 0 spiro atoms. The van der Waals surface area contributed by atoms with Gasteiger partial charge in [-0.15, -0.1) is 11.3 Å². The molecule has 1 aromatic heterocycles. The number of hydrogen-bond acceptors (Lipinski definition) is 3. The molecule has 2 amide bonds. The maximum atomic E-state index is 11.8. The fraction of sp³-hybridized carbons (Fsp3) is 0.312. The highest BCUT2D eigenvalue weighted by molar-refractivity contribution is 7.16. The molecular weight excluding hydrogens is 320 g/mol. The first-order valence-corrected chi connectivity index (χ1v) is 8.23. The summed E-state index contributed by atoms with van der Waals surface area (Å²) in [7, 11) is 0. The van der Waals surface area contributed by atoms with E-state index in [1.165, 1.54) is 16.9 Å². The van der Waals surface area contributed by atoms with E-state index in [1.807, 2.05) is 50.2 Å². The quantitative estimate of drug-likeness (QED) is 0.777. The van der Waals surface area contributed by atoms with Crippen LogP contribution in [-0.2, 0) is 0 Å². The van der Waals surface area contributed by atoms with Crippen molar-refractivity contribution in [2.75, 3.05) is 13.2 Å². The van der Waals surface area contributed by atoms with Crippen LogP contribution in [0.5, 0.6) is 5.75 Å². The second kappa shape index (κ2) is 8.06. The minimum Gasteiger partial charge on any atom is -0.492 e. The lowest BCUT2D eigenvalue weighted by Gasteiger charge is -2.13. The molecule has 1 aromatic carbocycles. The van der Waals surface area contributed by atoms with Gasteiger partial charge in [-0.2, -0.15) is 0 Å². The highest BCUT2D eigenvalue weighted by Crippen LogP contribution is 2.26. The Morgan fingerprint density at radius 3 is 2.64 bits per heavy atom. The van der Waals surface area contributed by atoms with E-state index in [4.69, 9.17) is 16.3 Å². The van der Waals surface area contributed by atoms with Crippen molar-refractivity contribution < 1.29 is 9.53 Å². The van der Waals surface area contributed by atoms with Crippen LogP contribution < -0.4 is 15.4 Å². The number of thiophene rings is 1. The first kappa shape index (κ1) is 16.6. The van der Waals surface area contributed by atoms with Gasteiger partial charge >= 0.3 is 6.03 Å². The van der Waals surface area contributed by atoms with Crippen molar-refractivity contribution in [3.8, 4) is 5.75 Å². The normalized spacial score (nSPS) is 11.8. The Balaban J connectivity index is 1.66. The smallest absolute Gasteiger partial charge is 0.315 e. The average molecular weight is 339 g/mol. The third kappa shape index (κ3) is 5.24. The van der Waals surface area contributed by atoms with E-state index < -0.39 is 0 Å². The number of aryl methyl sites for hydroxylation is 1. The van der Waals surface area contributed by atoms with Gasteiger partial charge in [-0.25, -0.2) is 4.79 Å². The van der Waals surface area contributed by atoms with E-state index >= 15 is 0 Å². The first-order valence-electron chi connectivity index (χ1n) is 7.03. The molecule has 1 unspecified atom stereocenters. The maximum absolute atomic E-state index is 11.8. The van der Waals surface area contributed by atoms with Gasteiger partial charge in [0.1, 0.15) is 12.4 Å². The lowest BCUT2D eigenvalue weighted by atomic mass is 10.2. The molecule has 2 rings (SSSR count). The Kier molecular flexibility index (Phi) is 6.10. The number of urea groups is 1.